The molecule has 150 valence electrons. The van der Waals surface area contributed by atoms with Crippen molar-refractivity contribution >= 4 is 27.6 Å². The van der Waals surface area contributed by atoms with Gasteiger partial charge in [-0.2, -0.15) is 0 Å². The van der Waals surface area contributed by atoms with E-state index < -0.39 is 39.9 Å². The number of anilines is 1. The van der Waals surface area contributed by atoms with Gasteiger partial charge in [-0.1, -0.05) is 0 Å². The maximum Gasteiger partial charge on any atom is 0.347 e. The minimum atomic E-state index is -3.83. The first-order valence-electron chi connectivity index (χ1n) is 8.12. The van der Waals surface area contributed by atoms with Gasteiger partial charge < -0.3 is 14.8 Å². The molecule has 28 heavy (non-hydrogen) atoms. The molecule has 0 fully saturated rings. The number of carbonyl (C=O) groups excluding carboxylic acids is 2. The van der Waals surface area contributed by atoms with E-state index in [0.29, 0.717) is 5.69 Å². The van der Waals surface area contributed by atoms with E-state index in [9.17, 15) is 22.4 Å². The lowest BCUT2D eigenvalue weighted by Crippen LogP contribution is -2.35. The zero-order valence-corrected chi connectivity index (χ0v) is 15.9. The number of carbonyl (C=O) groups is 2. The van der Waals surface area contributed by atoms with Gasteiger partial charge in [-0.05, 0) is 62.4 Å². The maximum absolute atomic E-state index is 12.9. The van der Waals surface area contributed by atoms with Crippen molar-refractivity contribution in [3.05, 3.63) is 54.3 Å². The first-order chi connectivity index (χ1) is 13.1. The molecule has 0 saturated heterocycles. The SMILES string of the molecule is C[C@H](OC(=O)[C@H](C)Oc1ccc(F)cc1)C(=O)Nc1ccc(S(N)(=O)=O)cc1. The number of nitrogens with one attached hydrogen (secondary N) is 1. The maximum atomic E-state index is 12.9. The van der Waals surface area contributed by atoms with Gasteiger partial charge >= 0.3 is 5.97 Å². The van der Waals surface area contributed by atoms with Crippen LogP contribution < -0.4 is 15.2 Å². The minimum absolute atomic E-state index is 0.100. The van der Waals surface area contributed by atoms with Crippen molar-refractivity contribution in [2.75, 3.05) is 5.32 Å². The summed E-state index contributed by atoms with van der Waals surface area (Å²) in [6, 6.07) is 10.3. The second kappa shape index (κ2) is 8.81. The number of hydrogen-bond acceptors (Lipinski definition) is 6. The van der Waals surface area contributed by atoms with Gasteiger partial charge in [-0.15, -0.1) is 0 Å². The third-order valence-electron chi connectivity index (χ3n) is 3.57. The molecule has 0 saturated carbocycles. The molecule has 0 aromatic heterocycles. The summed E-state index contributed by atoms with van der Waals surface area (Å²) in [5, 5.41) is 7.49. The molecule has 2 atom stereocenters. The molecule has 0 aliphatic rings. The van der Waals surface area contributed by atoms with Crippen LogP contribution in [0.4, 0.5) is 10.1 Å². The number of ether oxygens (including phenoxy) is 2. The molecule has 2 rings (SSSR count). The van der Waals surface area contributed by atoms with Gasteiger partial charge in [0.2, 0.25) is 10.0 Å². The number of halogens is 1. The van der Waals surface area contributed by atoms with Gasteiger partial charge in [0.25, 0.3) is 5.91 Å². The zero-order valence-electron chi connectivity index (χ0n) is 15.1. The Morgan fingerprint density at radius 2 is 1.57 bits per heavy atom. The predicted molar refractivity (Wildman–Crippen MR) is 98.5 cm³/mol. The van der Waals surface area contributed by atoms with Crippen LogP contribution in [0.1, 0.15) is 13.8 Å². The van der Waals surface area contributed by atoms with Crippen LogP contribution >= 0.6 is 0 Å². The second-order valence-corrected chi connectivity index (χ2v) is 7.41. The standard InChI is InChI=1S/C18H19FN2O6S/c1-11(17(22)21-14-5-9-16(10-6-14)28(20,24)25)27-18(23)12(2)26-15-7-3-13(19)4-8-15/h3-12H,1-2H3,(H,21,22)(H2,20,24,25)/t11-,12-/m0/s1. The number of amides is 1. The number of benzene rings is 2. The number of rotatable bonds is 7. The van der Waals surface area contributed by atoms with E-state index in [1.807, 2.05) is 0 Å². The summed E-state index contributed by atoms with van der Waals surface area (Å²) in [4.78, 5) is 24.1. The molecular weight excluding hydrogens is 391 g/mol. The zero-order chi connectivity index (χ0) is 20.9. The van der Waals surface area contributed by atoms with E-state index in [1.54, 1.807) is 0 Å². The Bertz CT molecular complexity index is 945. The molecule has 1 amide bonds. The topological polar surface area (TPSA) is 125 Å². The second-order valence-electron chi connectivity index (χ2n) is 5.85. The summed E-state index contributed by atoms with van der Waals surface area (Å²) in [6.45, 7) is 2.80. The quantitative estimate of drug-likeness (QED) is 0.671. The molecule has 8 nitrogen and oxygen atoms in total. The van der Waals surface area contributed by atoms with Crippen molar-refractivity contribution in [3.8, 4) is 5.75 Å². The molecule has 10 heteroatoms. The van der Waals surface area contributed by atoms with Crippen molar-refractivity contribution in [2.24, 2.45) is 5.14 Å². The fraction of sp³-hybridized carbons (Fsp3) is 0.222. The number of nitrogens with two attached hydrogens (primary N) is 1. The summed E-state index contributed by atoms with van der Waals surface area (Å²) in [5.41, 5.74) is 0.302. The molecule has 0 unspecified atom stereocenters. The smallest absolute Gasteiger partial charge is 0.347 e. The largest absolute Gasteiger partial charge is 0.479 e. The van der Waals surface area contributed by atoms with Gasteiger partial charge in [0.1, 0.15) is 11.6 Å². The van der Waals surface area contributed by atoms with E-state index in [1.165, 1.54) is 62.4 Å². The van der Waals surface area contributed by atoms with Crippen LogP contribution in [-0.4, -0.2) is 32.5 Å². The van der Waals surface area contributed by atoms with Crippen molar-refractivity contribution in [3.63, 3.8) is 0 Å². The van der Waals surface area contributed by atoms with E-state index >= 15 is 0 Å². The lowest BCUT2D eigenvalue weighted by Gasteiger charge is -2.18. The lowest BCUT2D eigenvalue weighted by atomic mass is 10.3. The molecule has 2 aromatic rings. The molecule has 0 heterocycles. The van der Waals surface area contributed by atoms with Crippen molar-refractivity contribution in [2.45, 2.75) is 31.0 Å². The van der Waals surface area contributed by atoms with E-state index in [0.717, 1.165) is 0 Å². The monoisotopic (exact) mass is 410 g/mol. The Kier molecular flexibility index (Phi) is 6.71. The Hall–Kier alpha value is -2.98. The lowest BCUT2D eigenvalue weighted by molar-refractivity contribution is -0.159. The summed E-state index contributed by atoms with van der Waals surface area (Å²) >= 11 is 0. The molecule has 3 N–H and O–H groups in total. The van der Waals surface area contributed by atoms with E-state index in [4.69, 9.17) is 14.6 Å². The average molecular weight is 410 g/mol. The summed E-state index contributed by atoms with van der Waals surface area (Å²) in [7, 11) is -3.83. The number of primary sulfonamides is 1. The number of sulfonamides is 1. The molecule has 0 spiro atoms. The molecule has 0 aliphatic heterocycles. The third kappa shape index (κ3) is 6.03. The molecular formula is C18H19FN2O6S. The van der Waals surface area contributed by atoms with Gasteiger partial charge in [-0.25, -0.2) is 22.7 Å². The van der Waals surface area contributed by atoms with Crippen molar-refractivity contribution in [1.29, 1.82) is 0 Å². The molecule has 0 radical (unpaired) electrons. The van der Waals surface area contributed by atoms with Crippen molar-refractivity contribution < 1.29 is 31.9 Å². The van der Waals surface area contributed by atoms with Crippen LogP contribution in [0, 0.1) is 5.82 Å². The Morgan fingerprint density at radius 3 is 2.11 bits per heavy atom. The fourth-order valence-electron chi connectivity index (χ4n) is 2.06. The summed E-state index contributed by atoms with van der Waals surface area (Å²) < 4.78 is 45.7. The van der Waals surface area contributed by atoms with Gasteiger partial charge in [0.05, 0.1) is 4.90 Å². The highest BCUT2D eigenvalue weighted by Crippen LogP contribution is 2.15. The Labute approximate surface area is 161 Å². The van der Waals surface area contributed by atoms with E-state index in [-0.39, 0.29) is 10.6 Å². The van der Waals surface area contributed by atoms with Crippen LogP contribution in [0.25, 0.3) is 0 Å². The molecule has 0 aliphatic carbocycles. The Morgan fingerprint density at radius 1 is 1.00 bits per heavy atom. The average Bonchev–Trinajstić information content (AvgIpc) is 2.63. The Balaban J connectivity index is 1.90. The highest BCUT2D eigenvalue weighted by molar-refractivity contribution is 7.89. The van der Waals surface area contributed by atoms with Crippen LogP contribution in [0.5, 0.6) is 5.75 Å². The first-order valence-corrected chi connectivity index (χ1v) is 9.67. The van der Waals surface area contributed by atoms with Crippen LogP contribution in [0.3, 0.4) is 0 Å². The predicted octanol–water partition coefficient (Wildman–Crippen LogP) is 1.81. The van der Waals surface area contributed by atoms with Crippen molar-refractivity contribution in [1.82, 2.24) is 0 Å². The minimum Gasteiger partial charge on any atom is -0.479 e. The third-order valence-corrected chi connectivity index (χ3v) is 4.50. The highest BCUT2D eigenvalue weighted by Gasteiger charge is 2.23. The van der Waals surface area contributed by atoms with Gasteiger partial charge in [0.15, 0.2) is 12.2 Å². The van der Waals surface area contributed by atoms with Crippen LogP contribution in [-0.2, 0) is 24.3 Å². The number of esters is 1. The number of hydrogen-bond donors (Lipinski definition) is 2. The fourth-order valence-corrected chi connectivity index (χ4v) is 2.58. The van der Waals surface area contributed by atoms with Crippen LogP contribution in [0.15, 0.2) is 53.4 Å². The first kappa shape index (κ1) is 21.3. The normalized spacial score (nSPS) is 13.3. The summed E-state index contributed by atoms with van der Waals surface area (Å²) in [6.07, 6.45) is -2.15. The van der Waals surface area contributed by atoms with Gasteiger partial charge in [-0.3, -0.25) is 4.79 Å². The molecule has 2 aromatic carbocycles. The van der Waals surface area contributed by atoms with Gasteiger partial charge in [0, 0.05) is 5.69 Å². The van der Waals surface area contributed by atoms with Crippen LogP contribution in [0.2, 0.25) is 0 Å². The highest BCUT2D eigenvalue weighted by atomic mass is 32.2. The molecule has 0 bridgehead atoms. The summed E-state index contributed by atoms with van der Waals surface area (Å²) in [5.74, 6) is -1.56. The van der Waals surface area contributed by atoms with E-state index in [2.05, 4.69) is 5.32 Å².